The summed E-state index contributed by atoms with van der Waals surface area (Å²) in [6.45, 7) is 4.76. The molecule has 0 fully saturated rings. The average molecular weight is 318 g/mol. The van der Waals surface area contributed by atoms with Gasteiger partial charge in [0.05, 0.1) is 6.54 Å². The van der Waals surface area contributed by atoms with Gasteiger partial charge in [0.1, 0.15) is 5.82 Å². The molecule has 118 valence electrons. The highest BCUT2D eigenvalue weighted by molar-refractivity contribution is 7.10. The van der Waals surface area contributed by atoms with E-state index in [1.807, 2.05) is 0 Å². The summed E-state index contributed by atoms with van der Waals surface area (Å²) in [5, 5.41) is 17.3. The van der Waals surface area contributed by atoms with Crippen molar-refractivity contribution in [1.82, 2.24) is 25.4 Å². The van der Waals surface area contributed by atoms with Gasteiger partial charge in [-0.2, -0.15) is 0 Å². The predicted octanol–water partition coefficient (Wildman–Crippen LogP) is 1.75. The molecule has 3 rings (SSSR count). The molecule has 0 amide bonds. The van der Waals surface area contributed by atoms with Crippen molar-refractivity contribution in [2.45, 2.75) is 38.8 Å². The van der Waals surface area contributed by atoms with Crippen LogP contribution in [0.15, 0.2) is 22.5 Å². The van der Waals surface area contributed by atoms with Crippen LogP contribution >= 0.6 is 11.3 Å². The Morgan fingerprint density at radius 1 is 1.45 bits per heavy atom. The number of hydrogen-bond donors (Lipinski definition) is 2. The highest BCUT2D eigenvalue weighted by Gasteiger charge is 2.17. The Morgan fingerprint density at radius 3 is 3.14 bits per heavy atom. The summed E-state index contributed by atoms with van der Waals surface area (Å²) < 4.78 is 2.20. The monoisotopic (exact) mass is 318 g/mol. The molecule has 0 radical (unpaired) electrons. The molecule has 0 aromatic carbocycles. The van der Waals surface area contributed by atoms with Crippen molar-refractivity contribution in [3.8, 4) is 0 Å². The zero-order valence-electron chi connectivity index (χ0n) is 13.0. The second kappa shape index (κ2) is 6.91. The fourth-order valence-corrected chi connectivity index (χ4v) is 3.43. The Hall–Kier alpha value is -1.89. The quantitative estimate of drug-likeness (QED) is 0.651. The van der Waals surface area contributed by atoms with Crippen molar-refractivity contribution < 1.29 is 0 Å². The molecular formula is C15H22N6S. The molecule has 22 heavy (non-hydrogen) atoms. The van der Waals surface area contributed by atoms with Crippen LogP contribution in [0, 0.1) is 0 Å². The summed E-state index contributed by atoms with van der Waals surface area (Å²) in [6, 6.07) is 4.27. The molecule has 2 aromatic heterocycles. The van der Waals surface area contributed by atoms with Crippen molar-refractivity contribution >= 4 is 17.3 Å². The van der Waals surface area contributed by atoms with E-state index in [0.717, 1.165) is 37.1 Å². The van der Waals surface area contributed by atoms with Crippen molar-refractivity contribution in [2.24, 2.45) is 4.99 Å². The van der Waals surface area contributed by atoms with E-state index in [1.54, 1.807) is 18.4 Å². The molecule has 0 saturated carbocycles. The van der Waals surface area contributed by atoms with Crippen LogP contribution in [0.3, 0.4) is 0 Å². The van der Waals surface area contributed by atoms with Crippen molar-refractivity contribution in [3.05, 3.63) is 34.0 Å². The molecule has 0 saturated heterocycles. The minimum atomic E-state index is 0.468. The van der Waals surface area contributed by atoms with Gasteiger partial charge in [-0.15, -0.1) is 21.5 Å². The highest BCUT2D eigenvalue weighted by atomic mass is 32.1. The molecule has 2 aromatic rings. The number of rotatable bonds is 5. The molecule has 6 nitrogen and oxygen atoms in total. The number of aryl methyl sites for hydroxylation is 1. The second-order valence-corrected chi connectivity index (χ2v) is 6.49. The Morgan fingerprint density at radius 2 is 2.36 bits per heavy atom. The molecule has 1 aliphatic heterocycles. The SMILES string of the molecule is CN=C(NCc1nnc2n1CCC2)NCC(C)c1cccs1. The van der Waals surface area contributed by atoms with Crippen molar-refractivity contribution in [3.63, 3.8) is 0 Å². The largest absolute Gasteiger partial charge is 0.356 e. The van der Waals surface area contributed by atoms with E-state index < -0.39 is 0 Å². The summed E-state index contributed by atoms with van der Waals surface area (Å²) >= 11 is 1.79. The summed E-state index contributed by atoms with van der Waals surface area (Å²) in [7, 11) is 1.79. The van der Waals surface area contributed by atoms with E-state index in [-0.39, 0.29) is 0 Å². The summed E-state index contributed by atoms with van der Waals surface area (Å²) in [4.78, 5) is 5.66. The number of aliphatic imine (C=N–C) groups is 1. The Bertz CT molecular complexity index is 631. The molecule has 0 bridgehead atoms. The van der Waals surface area contributed by atoms with Gasteiger partial charge in [0, 0.05) is 37.4 Å². The van der Waals surface area contributed by atoms with Gasteiger partial charge in [-0.05, 0) is 17.9 Å². The van der Waals surface area contributed by atoms with Crippen LogP contribution in [0.25, 0.3) is 0 Å². The van der Waals surface area contributed by atoms with Gasteiger partial charge in [-0.3, -0.25) is 4.99 Å². The maximum absolute atomic E-state index is 4.27. The summed E-state index contributed by atoms with van der Waals surface area (Å²) in [5.74, 6) is 3.36. The zero-order valence-corrected chi connectivity index (χ0v) is 13.9. The molecule has 7 heteroatoms. The number of hydrogen-bond acceptors (Lipinski definition) is 4. The maximum Gasteiger partial charge on any atom is 0.191 e. The van der Waals surface area contributed by atoms with E-state index in [1.165, 1.54) is 11.3 Å². The third-order valence-corrected chi connectivity index (χ3v) is 5.03. The standard InChI is InChI=1S/C15H22N6S/c1-11(12-5-4-8-22-12)9-17-15(16-2)18-10-14-20-19-13-6-3-7-21(13)14/h4-5,8,11H,3,6-7,9-10H2,1-2H3,(H2,16,17,18). The fourth-order valence-electron chi connectivity index (χ4n) is 2.65. The molecule has 2 N–H and O–H groups in total. The number of fused-ring (bicyclic) bond motifs is 1. The normalized spacial score (nSPS) is 15.6. The van der Waals surface area contributed by atoms with Crippen LogP contribution in [0.2, 0.25) is 0 Å². The summed E-state index contributed by atoms with van der Waals surface area (Å²) in [6.07, 6.45) is 2.21. The van der Waals surface area contributed by atoms with Gasteiger partial charge in [-0.1, -0.05) is 13.0 Å². The fraction of sp³-hybridized carbons (Fsp3) is 0.533. The van der Waals surface area contributed by atoms with Crippen LogP contribution in [0.1, 0.15) is 35.8 Å². The average Bonchev–Trinajstić information content (AvgIpc) is 3.25. The zero-order chi connectivity index (χ0) is 15.4. The Kier molecular flexibility index (Phi) is 4.72. The summed E-state index contributed by atoms with van der Waals surface area (Å²) in [5.41, 5.74) is 0. The number of nitrogens with zero attached hydrogens (tertiary/aromatic N) is 4. The number of aromatic nitrogens is 3. The minimum Gasteiger partial charge on any atom is -0.356 e. The first-order valence-corrected chi connectivity index (χ1v) is 8.54. The van der Waals surface area contributed by atoms with Crippen molar-refractivity contribution in [2.75, 3.05) is 13.6 Å². The first kappa shape index (κ1) is 15.0. The van der Waals surface area contributed by atoms with E-state index in [9.17, 15) is 0 Å². The molecule has 1 atom stereocenters. The minimum absolute atomic E-state index is 0.468. The Balaban J connectivity index is 1.50. The van der Waals surface area contributed by atoms with E-state index in [4.69, 9.17) is 0 Å². The predicted molar refractivity (Wildman–Crippen MR) is 89.3 cm³/mol. The van der Waals surface area contributed by atoms with Crippen molar-refractivity contribution in [1.29, 1.82) is 0 Å². The van der Waals surface area contributed by atoms with Crippen LogP contribution in [-0.4, -0.2) is 34.3 Å². The molecule has 3 heterocycles. The first-order valence-electron chi connectivity index (χ1n) is 7.67. The smallest absolute Gasteiger partial charge is 0.191 e. The lowest BCUT2D eigenvalue weighted by Crippen LogP contribution is -2.39. The van der Waals surface area contributed by atoms with Crippen LogP contribution in [0.4, 0.5) is 0 Å². The van der Waals surface area contributed by atoms with Gasteiger partial charge in [0.15, 0.2) is 11.8 Å². The molecule has 1 aliphatic rings. The number of guanidine groups is 1. The van der Waals surface area contributed by atoms with Gasteiger partial charge in [0.25, 0.3) is 0 Å². The maximum atomic E-state index is 4.27. The molecular weight excluding hydrogens is 296 g/mol. The van der Waals surface area contributed by atoms with E-state index in [2.05, 4.69) is 54.8 Å². The lowest BCUT2D eigenvalue weighted by Gasteiger charge is -2.15. The van der Waals surface area contributed by atoms with Gasteiger partial charge in [0.2, 0.25) is 0 Å². The second-order valence-electron chi connectivity index (χ2n) is 5.51. The van der Waals surface area contributed by atoms with Gasteiger partial charge >= 0.3 is 0 Å². The third-order valence-electron chi connectivity index (χ3n) is 3.93. The number of nitrogens with one attached hydrogen (secondary N) is 2. The Labute approximate surface area is 134 Å². The van der Waals surface area contributed by atoms with Crippen LogP contribution in [0.5, 0.6) is 0 Å². The molecule has 1 unspecified atom stereocenters. The van der Waals surface area contributed by atoms with Gasteiger partial charge < -0.3 is 15.2 Å². The first-order chi connectivity index (χ1) is 10.8. The highest BCUT2D eigenvalue weighted by Crippen LogP contribution is 2.19. The molecule has 0 spiro atoms. The lowest BCUT2D eigenvalue weighted by atomic mass is 10.1. The lowest BCUT2D eigenvalue weighted by molar-refractivity contribution is 0.655. The molecule has 0 aliphatic carbocycles. The van der Waals surface area contributed by atoms with E-state index >= 15 is 0 Å². The number of thiophene rings is 1. The topological polar surface area (TPSA) is 67.1 Å². The van der Waals surface area contributed by atoms with Gasteiger partial charge in [-0.25, -0.2) is 0 Å². The third kappa shape index (κ3) is 3.30. The van der Waals surface area contributed by atoms with Crippen LogP contribution in [-0.2, 0) is 19.5 Å². The van der Waals surface area contributed by atoms with Crippen LogP contribution < -0.4 is 10.6 Å². The van der Waals surface area contributed by atoms with E-state index in [0.29, 0.717) is 12.5 Å².